The molecule has 22 heavy (non-hydrogen) atoms. The van der Waals surface area contributed by atoms with Crippen molar-refractivity contribution in [1.82, 2.24) is 10.6 Å². The molecule has 0 spiro atoms. The topological polar surface area (TPSA) is 95.5 Å². The Morgan fingerprint density at radius 3 is 2.00 bits per heavy atom. The minimum absolute atomic E-state index is 0.00919. The first-order valence-corrected chi connectivity index (χ1v) is 8.15. The van der Waals surface area contributed by atoms with Crippen LogP contribution in [0.1, 0.15) is 71.6 Å². The smallest absolute Gasteiger partial charge is 0.328 e. The van der Waals surface area contributed by atoms with Crippen molar-refractivity contribution >= 4 is 17.8 Å². The van der Waals surface area contributed by atoms with Crippen molar-refractivity contribution in [3.63, 3.8) is 0 Å². The van der Waals surface area contributed by atoms with Crippen LogP contribution in [-0.2, 0) is 14.4 Å². The Bertz CT molecular complexity index is 399. The van der Waals surface area contributed by atoms with Crippen LogP contribution in [0.2, 0.25) is 0 Å². The SMILES string of the molecule is CC(C)(NC(=O)CCC(=O)NC1CCCCCCC1)C(=O)O. The molecule has 0 aliphatic heterocycles. The molecule has 0 bridgehead atoms. The van der Waals surface area contributed by atoms with Crippen molar-refractivity contribution < 1.29 is 19.5 Å². The Kier molecular flexibility index (Phi) is 7.35. The summed E-state index contributed by atoms with van der Waals surface area (Å²) in [7, 11) is 0. The minimum Gasteiger partial charge on any atom is -0.480 e. The van der Waals surface area contributed by atoms with E-state index in [9.17, 15) is 14.4 Å². The molecule has 1 aliphatic rings. The van der Waals surface area contributed by atoms with E-state index in [1.165, 1.54) is 33.1 Å². The predicted molar refractivity (Wildman–Crippen MR) is 83.3 cm³/mol. The van der Waals surface area contributed by atoms with Crippen LogP contribution in [-0.4, -0.2) is 34.5 Å². The van der Waals surface area contributed by atoms with Gasteiger partial charge in [0.2, 0.25) is 11.8 Å². The molecule has 1 saturated carbocycles. The molecule has 1 fully saturated rings. The molecule has 3 N–H and O–H groups in total. The largest absolute Gasteiger partial charge is 0.480 e. The number of carbonyl (C=O) groups is 3. The molecule has 0 aromatic heterocycles. The number of carbonyl (C=O) groups excluding carboxylic acids is 2. The van der Waals surface area contributed by atoms with E-state index in [2.05, 4.69) is 10.6 Å². The predicted octanol–water partition coefficient (Wildman–Crippen LogP) is 1.98. The van der Waals surface area contributed by atoms with Gasteiger partial charge in [-0.15, -0.1) is 0 Å². The monoisotopic (exact) mass is 312 g/mol. The van der Waals surface area contributed by atoms with Crippen molar-refractivity contribution in [3.05, 3.63) is 0 Å². The Morgan fingerprint density at radius 2 is 1.45 bits per heavy atom. The highest BCUT2D eigenvalue weighted by Gasteiger charge is 2.28. The Morgan fingerprint density at radius 1 is 0.955 bits per heavy atom. The average molecular weight is 312 g/mol. The standard InChI is InChI=1S/C16H28N2O4/c1-16(2,15(21)22)18-14(20)11-10-13(19)17-12-8-6-4-3-5-7-9-12/h12H,3-11H2,1-2H3,(H,17,19)(H,18,20)(H,21,22). The fourth-order valence-electron chi connectivity index (χ4n) is 2.59. The van der Waals surface area contributed by atoms with E-state index < -0.39 is 17.4 Å². The van der Waals surface area contributed by atoms with E-state index in [1.54, 1.807) is 0 Å². The zero-order chi connectivity index (χ0) is 16.6. The normalized spacial score (nSPS) is 17.2. The molecule has 6 nitrogen and oxygen atoms in total. The summed E-state index contributed by atoms with van der Waals surface area (Å²) in [5.74, 6) is -1.64. The van der Waals surface area contributed by atoms with Crippen LogP contribution >= 0.6 is 0 Å². The number of rotatable bonds is 6. The molecule has 126 valence electrons. The zero-order valence-electron chi connectivity index (χ0n) is 13.6. The van der Waals surface area contributed by atoms with Crippen LogP contribution < -0.4 is 10.6 Å². The molecule has 0 aromatic carbocycles. The van der Waals surface area contributed by atoms with E-state index >= 15 is 0 Å². The number of carboxylic acids is 1. The van der Waals surface area contributed by atoms with Crippen LogP contribution in [0.25, 0.3) is 0 Å². The first kappa shape index (κ1) is 18.5. The summed E-state index contributed by atoms with van der Waals surface area (Å²) in [6.07, 6.45) is 8.11. The van der Waals surface area contributed by atoms with Crippen LogP contribution in [0.5, 0.6) is 0 Å². The Hall–Kier alpha value is -1.59. The van der Waals surface area contributed by atoms with Gasteiger partial charge in [0.05, 0.1) is 0 Å². The van der Waals surface area contributed by atoms with E-state index in [0.717, 1.165) is 25.7 Å². The third-order valence-electron chi connectivity index (χ3n) is 4.04. The molecule has 0 atom stereocenters. The quantitative estimate of drug-likeness (QED) is 0.699. The van der Waals surface area contributed by atoms with Gasteiger partial charge in [0, 0.05) is 18.9 Å². The van der Waals surface area contributed by atoms with Gasteiger partial charge in [-0.1, -0.05) is 32.1 Å². The van der Waals surface area contributed by atoms with Crippen LogP contribution in [0.15, 0.2) is 0 Å². The molecule has 2 amide bonds. The lowest BCUT2D eigenvalue weighted by molar-refractivity contribution is -0.146. The average Bonchev–Trinajstić information content (AvgIpc) is 2.38. The Balaban J connectivity index is 2.29. The molecule has 0 heterocycles. The first-order valence-electron chi connectivity index (χ1n) is 8.15. The number of aliphatic carboxylic acids is 1. The highest BCUT2D eigenvalue weighted by molar-refractivity contribution is 5.88. The van der Waals surface area contributed by atoms with E-state index in [1.807, 2.05) is 0 Å². The zero-order valence-corrected chi connectivity index (χ0v) is 13.6. The van der Waals surface area contributed by atoms with Gasteiger partial charge in [0.15, 0.2) is 0 Å². The summed E-state index contributed by atoms with van der Waals surface area (Å²) in [6, 6.07) is 0.214. The molecular formula is C16H28N2O4. The maximum atomic E-state index is 11.9. The lowest BCUT2D eigenvalue weighted by Crippen LogP contribution is -2.49. The van der Waals surface area contributed by atoms with Gasteiger partial charge in [0.25, 0.3) is 0 Å². The molecule has 1 rings (SSSR count). The molecule has 0 saturated heterocycles. The van der Waals surface area contributed by atoms with Crippen LogP contribution in [0.3, 0.4) is 0 Å². The van der Waals surface area contributed by atoms with Gasteiger partial charge < -0.3 is 15.7 Å². The van der Waals surface area contributed by atoms with Gasteiger partial charge in [0.1, 0.15) is 5.54 Å². The summed E-state index contributed by atoms with van der Waals surface area (Å²) in [5.41, 5.74) is -1.31. The maximum absolute atomic E-state index is 11.9. The highest BCUT2D eigenvalue weighted by Crippen LogP contribution is 2.17. The summed E-state index contributed by atoms with van der Waals surface area (Å²) in [4.78, 5) is 34.5. The number of hydrogen-bond acceptors (Lipinski definition) is 3. The second kappa shape index (κ2) is 8.76. The van der Waals surface area contributed by atoms with Crippen LogP contribution in [0, 0.1) is 0 Å². The van der Waals surface area contributed by atoms with Crippen molar-refractivity contribution in [2.24, 2.45) is 0 Å². The lowest BCUT2D eigenvalue weighted by Gasteiger charge is -2.22. The number of nitrogens with one attached hydrogen (secondary N) is 2. The molecule has 0 aromatic rings. The van der Waals surface area contributed by atoms with Gasteiger partial charge in [-0.2, -0.15) is 0 Å². The maximum Gasteiger partial charge on any atom is 0.328 e. The molecule has 6 heteroatoms. The number of carboxylic acid groups (broad SMARTS) is 1. The van der Waals surface area contributed by atoms with Crippen molar-refractivity contribution in [2.75, 3.05) is 0 Å². The van der Waals surface area contributed by atoms with Gasteiger partial charge in [-0.05, 0) is 26.7 Å². The summed E-state index contributed by atoms with van der Waals surface area (Å²) in [5, 5.41) is 14.3. The van der Waals surface area contributed by atoms with Crippen LogP contribution in [0.4, 0.5) is 0 Å². The summed E-state index contributed by atoms with van der Waals surface area (Å²) < 4.78 is 0. The third kappa shape index (κ3) is 6.91. The lowest BCUT2D eigenvalue weighted by atomic mass is 9.96. The second-order valence-corrected chi connectivity index (χ2v) is 6.59. The number of amides is 2. The first-order chi connectivity index (χ1) is 10.3. The highest BCUT2D eigenvalue weighted by atomic mass is 16.4. The molecule has 1 aliphatic carbocycles. The van der Waals surface area contributed by atoms with Crippen molar-refractivity contribution in [1.29, 1.82) is 0 Å². The van der Waals surface area contributed by atoms with Gasteiger partial charge in [-0.3, -0.25) is 9.59 Å². The van der Waals surface area contributed by atoms with E-state index in [-0.39, 0.29) is 24.8 Å². The van der Waals surface area contributed by atoms with Crippen molar-refractivity contribution in [3.8, 4) is 0 Å². The van der Waals surface area contributed by atoms with Crippen molar-refractivity contribution in [2.45, 2.75) is 83.2 Å². The third-order valence-corrected chi connectivity index (χ3v) is 4.04. The summed E-state index contributed by atoms with van der Waals surface area (Å²) >= 11 is 0. The fourth-order valence-corrected chi connectivity index (χ4v) is 2.59. The summed E-state index contributed by atoms with van der Waals surface area (Å²) in [6.45, 7) is 2.84. The van der Waals surface area contributed by atoms with E-state index in [0.29, 0.717) is 0 Å². The van der Waals surface area contributed by atoms with Gasteiger partial charge in [-0.25, -0.2) is 4.79 Å². The van der Waals surface area contributed by atoms with E-state index in [4.69, 9.17) is 5.11 Å². The molecular weight excluding hydrogens is 284 g/mol. The molecule has 0 radical (unpaired) electrons. The fraction of sp³-hybridized carbons (Fsp3) is 0.812. The second-order valence-electron chi connectivity index (χ2n) is 6.59. The van der Waals surface area contributed by atoms with Gasteiger partial charge >= 0.3 is 5.97 Å². The Labute approximate surface area is 132 Å². The molecule has 0 unspecified atom stereocenters. The minimum atomic E-state index is -1.31. The number of hydrogen-bond donors (Lipinski definition) is 3.